The first-order valence-electron chi connectivity index (χ1n) is 7.46. The molecule has 21 heavy (non-hydrogen) atoms. The first-order valence-corrected chi connectivity index (χ1v) is 8.34. The van der Waals surface area contributed by atoms with Gasteiger partial charge in [0.05, 0.1) is 6.10 Å². The molecule has 1 atom stereocenters. The highest BCUT2D eigenvalue weighted by Gasteiger charge is 2.15. The van der Waals surface area contributed by atoms with Gasteiger partial charge in [0.2, 0.25) is 0 Å². The highest BCUT2D eigenvalue weighted by atomic mass is 32.1. The van der Waals surface area contributed by atoms with Gasteiger partial charge in [0.15, 0.2) is 0 Å². The van der Waals surface area contributed by atoms with Crippen molar-refractivity contribution in [2.45, 2.75) is 32.0 Å². The van der Waals surface area contributed by atoms with E-state index in [-0.39, 0.29) is 6.10 Å². The van der Waals surface area contributed by atoms with Crippen molar-refractivity contribution in [1.29, 1.82) is 0 Å². The lowest BCUT2D eigenvalue weighted by Gasteiger charge is -2.12. The van der Waals surface area contributed by atoms with Crippen molar-refractivity contribution in [3.05, 3.63) is 52.2 Å². The van der Waals surface area contributed by atoms with Crippen LogP contribution < -0.4 is 10.1 Å². The number of rotatable bonds is 7. The molecule has 1 aromatic carbocycles. The van der Waals surface area contributed by atoms with Crippen molar-refractivity contribution in [3.8, 4) is 5.75 Å². The van der Waals surface area contributed by atoms with Crippen molar-refractivity contribution >= 4 is 11.3 Å². The maximum absolute atomic E-state index is 5.76. The standard InChI is InChI=1S/C17H21NO2S/c1-3-16(19-9-1)13-20-15-7-5-14(6-8-15)11-18-12-17-4-2-10-21-17/h2,4-8,10,16,18H,1,3,9,11-13H2. The molecule has 1 saturated heterocycles. The predicted molar refractivity (Wildman–Crippen MR) is 85.8 cm³/mol. The van der Waals surface area contributed by atoms with Crippen LogP contribution in [0.5, 0.6) is 5.75 Å². The van der Waals surface area contributed by atoms with E-state index in [2.05, 4.69) is 35.0 Å². The fourth-order valence-electron chi connectivity index (χ4n) is 2.41. The van der Waals surface area contributed by atoms with Crippen LogP contribution in [0.1, 0.15) is 23.3 Å². The Morgan fingerprint density at radius 3 is 2.81 bits per heavy atom. The summed E-state index contributed by atoms with van der Waals surface area (Å²) in [6.45, 7) is 3.34. The Kier molecular flexibility index (Phi) is 5.27. The van der Waals surface area contributed by atoms with E-state index < -0.39 is 0 Å². The van der Waals surface area contributed by atoms with E-state index in [9.17, 15) is 0 Å². The smallest absolute Gasteiger partial charge is 0.119 e. The highest BCUT2D eigenvalue weighted by Crippen LogP contribution is 2.16. The molecule has 0 bridgehead atoms. The van der Waals surface area contributed by atoms with Gasteiger partial charge in [-0.3, -0.25) is 0 Å². The molecule has 1 unspecified atom stereocenters. The largest absolute Gasteiger partial charge is 0.491 e. The van der Waals surface area contributed by atoms with E-state index in [1.54, 1.807) is 11.3 Å². The van der Waals surface area contributed by atoms with Gasteiger partial charge in [-0.1, -0.05) is 18.2 Å². The molecular formula is C17H21NO2S. The first-order chi connectivity index (χ1) is 10.4. The molecule has 1 aromatic heterocycles. The zero-order chi connectivity index (χ0) is 14.3. The molecule has 4 heteroatoms. The molecule has 0 aliphatic carbocycles. The van der Waals surface area contributed by atoms with Crippen LogP contribution in [0, 0.1) is 0 Å². The molecule has 1 fully saturated rings. The SMILES string of the molecule is c1csc(CNCc2ccc(OCC3CCCO3)cc2)c1. The van der Waals surface area contributed by atoms with Gasteiger partial charge in [0.25, 0.3) is 0 Å². The third-order valence-electron chi connectivity index (χ3n) is 3.59. The van der Waals surface area contributed by atoms with Gasteiger partial charge in [0.1, 0.15) is 12.4 Å². The summed E-state index contributed by atoms with van der Waals surface area (Å²) in [6, 6.07) is 12.5. The van der Waals surface area contributed by atoms with E-state index in [1.165, 1.54) is 10.4 Å². The summed E-state index contributed by atoms with van der Waals surface area (Å²) in [6.07, 6.45) is 2.55. The lowest BCUT2D eigenvalue weighted by atomic mass is 10.2. The van der Waals surface area contributed by atoms with Crippen LogP contribution in [0.4, 0.5) is 0 Å². The summed E-state index contributed by atoms with van der Waals surface area (Å²) >= 11 is 1.78. The topological polar surface area (TPSA) is 30.5 Å². The first kappa shape index (κ1) is 14.6. The molecular weight excluding hydrogens is 282 g/mol. The van der Waals surface area contributed by atoms with Crippen LogP contribution in [0.3, 0.4) is 0 Å². The third-order valence-corrected chi connectivity index (χ3v) is 4.47. The summed E-state index contributed by atoms with van der Waals surface area (Å²) in [5.74, 6) is 0.924. The lowest BCUT2D eigenvalue weighted by Crippen LogP contribution is -2.16. The molecule has 1 aliphatic rings. The van der Waals surface area contributed by atoms with Gasteiger partial charge in [-0.25, -0.2) is 0 Å². The average Bonchev–Trinajstić information content (AvgIpc) is 3.20. The Bertz CT molecular complexity index is 518. The Hall–Kier alpha value is -1.36. The van der Waals surface area contributed by atoms with Gasteiger partial charge < -0.3 is 14.8 Å². The van der Waals surface area contributed by atoms with Crippen LogP contribution in [0.25, 0.3) is 0 Å². The zero-order valence-electron chi connectivity index (χ0n) is 12.1. The summed E-state index contributed by atoms with van der Waals surface area (Å²) < 4.78 is 11.3. The Labute approximate surface area is 129 Å². The minimum Gasteiger partial charge on any atom is -0.491 e. The monoisotopic (exact) mass is 303 g/mol. The maximum atomic E-state index is 5.76. The molecule has 2 heterocycles. The van der Waals surface area contributed by atoms with Gasteiger partial charge in [0, 0.05) is 24.6 Å². The Morgan fingerprint density at radius 1 is 1.19 bits per heavy atom. The molecule has 0 saturated carbocycles. The van der Waals surface area contributed by atoms with Crippen LogP contribution in [0.2, 0.25) is 0 Å². The number of thiophene rings is 1. The minimum absolute atomic E-state index is 0.275. The number of ether oxygens (including phenoxy) is 2. The molecule has 1 aliphatic heterocycles. The number of nitrogens with one attached hydrogen (secondary N) is 1. The lowest BCUT2D eigenvalue weighted by molar-refractivity contribution is 0.0679. The fraction of sp³-hybridized carbons (Fsp3) is 0.412. The van der Waals surface area contributed by atoms with Crippen molar-refractivity contribution < 1.29 is 9.47 Å². The van der Waals surface area contributed by atoms with Crippen molar-refractivity contribution in [2.24, 2.45) is 0 Å². The van der Waals surface area contributed by atoms with Crippen LogP contribution in [-0.4, -0.2) is 19.3 Å². The highest BCUT2D eigenvalue weighted by molar-refractivity contribution is 7.09. The van der Waals surface area contributed by atoms with Gasteiger partial charge in [-0.05, 0) is 42.0 Å². The fourth-order valence-corrected chi connectivity index (χ4v) is 3.09. The Morgan fingerprint density at radius 2 is 2.10 bits per heavy atom. The molecule has 0 spiro atoms. The molecule has 0 radical (unpaired) electrons. The van der Waals surface area contributed by atoms with Gasteiger partial charge in [-0.2, -0.15) is 0 Å². The molecule has 1 N–H and O–H groups in total. The van der Waals surface area contributed by atoms with Crippen molar-refractivity contribution in [3.63, 3.8) is 0 Å². The van der Waals surface area contributed by atoms with Crippen molar-refractivity contribution in [2.75, 3.05) is 13.2 Å². The molecule has 3 nitrogen and oxygen atoms in total. The second kappa shape index (κ2) is 7.59. The third kappa shape index (κ3) is 4.56. The van der Waals surface area contributed by atoms with E-state index in [4.69, 9.17) is 9.47 Å². The average molecular weight is 303 g/mol. The Balaban J connectivity index is 1.40. The van der Waals surface area contributed by atoms with E-state index >= 15 is 0 Å². The molecule has 3 rings (SSSR count). The molecule has 2 aromatic rings. The van der Waals surface area contributed by atoms with Crippen LogP contribution in [0.15, 0.2) is 41.8 Å². The van der Waals surface area contributed by atoms with E-state index in [1.807, 2.05) is 12.1 Å². The van der Waals surface area contributed by atoms with E-state index in [0.29, 0.717) is 6.61 Å². The predicted octanol–water partition coefficient (Wildman–Crippen LogP) is 3.60. The minimum atomic E-state index is 0.275. The summed E-state index contributed by atoms with van der Waals surface area (Å²) in [5.41, 5.74) is 1.27. The second-order valence-electron chi connectivity index (χ2n) is 5.27. The number of benzene rings is 1. The summed E-state index contributed by atoms with van der Waals surface area (Å²) in [5, 5.41) is 5.56. The summed E-state index contributed by atoms with van der Waals surface area (Å²) in [7, 11) is 0. The number of hydrogen-bond acceptors (Lipinski definition) is 4. The van der Waals surface area contributed by atoms with Crippen LogP contribution >= 0.6 is 11.3 Å². The normalized spacial score (nSPS) is 18.0. The van der Waals surface area contributed by atoms with Crippen molar-refractivity contribution in [1.82, 2.24) is 5.32 Å². The van der Waals surface area contributed by atoms with E-state index in [0.717, 1.165) is 38.3 Å². The molecule has 112 valence electrons. The quantitative estimate of drug-likeness (QED) is 0.848. The summed E-state index contributed by atoms with van der Waals surface area (Å²) in [4.78, 5) is 1.37. The van der Waals surface area contributed by atoms with Crippen LogP contribution in [-0.2, 0) is 17.8 Å². The maximum Gasteiger partial charge on any atom is 0.119 e. The number of hydrogen-bond donors (Lipinski definition) is 1. The van der Waals surface area contributed by atoms with Gasteiger partial charge >= 0.3 is 0 Å². The molecule has 0 amide bonds. The zero-order valence-corrected chi connectivity index (χ0v) is 12.9. The second-order valence-corrected chi connectivity index (χ2v) is 6.31. The van der Waals surface area contributed by atoms with Gasteiger partial charge in [-0.15, -0.1) is 11.3 Å².